The minimum absolute atomic E-state index is 0.00401. The first-order valence-electron chi connectivity index (χ1n) is 44.1. The molecule has 0 aliphatic carbocycles. The van der Waals surface area contributed by atoms with Crippen molar-refractivity contribution in [2.45, 2.75) is 169 Å². The largest absolute Gasteiger partial charge is 0.481 e. The quantitative estimate of drug-likeness (QED) is 0.0180. The Bertz CT molecular complexity index is 6790. The molecule has 5 aromatic carbocycles. The van der Waals surface area contributed by atoms with Crippen molar-refractivity contribution >= 4 is 87.4 Å². The fourth-order valence-electron chi connectivity index (χ4n) is 14.2. The number of allylic oxidation sites excluding steroid dienone is 3. The van der Waals surface area contributed by atoms with Crippen molar-refractivity contribution in [2.75, 3.05) is 26.6 Å². The molecule has 15 aromatic rings. The second-order valence-electron chi connectivity index (χ2n) is 32.1. The third-order valence-electron chi connectivity index (χ3n) is 22.3. The molecule has 10 heterocycles. The fourth-order valence-corrected chi connectivity index (χ4v) is 14.2. The average molecular weight is 1840 g/mol. The van der Waals surface area contributed by atoms with E-state index in [9.17, 15) is 24.0 Å². The lowest BCUT2D eigenvalue weighted by atomic mass is 10.1. The van der Waals surface area contributed by atoms with Crippen LogP contribution in [0.4, 0.5) is 57.5 Å². The molecule has 10 N–H and O–H groups in total. The van der Waals surface area contributed by atoms with E-state index in [0.29, 0.717) is 106 Å². The highest BCUT2D eigenvalue weighted by atomic mass is 16.4. The Morgan fingerprint density at radius 1 is 0.287 bits per heavy atom. The van der Waals surface area contributed by atoms with E-state index >= 15 is 0 Å². The number of carboxylic acid groups (broad SMARTS) is 5. The molecule has 0 bridgehead atoms. The monoisotopic (exact) mass is 1830 g/mol. The second-order valence-corrected chi connectivity index (χ2v) is 32.1. The van der Waals surface area contributed by atoms with Crippen LogP contribution < -0.4 is 26.6 Å². The molecular weight excluding hydrogens is 1720 g/mol. The van der Waals surface area contributed by atoms with Crippen molar-refractivity contribution in [1.29, 1.82) is 0 Å². The number of aromatic nitrogens is 10. The fraction of sp³-hybridized carbons (Fsp3) is 0.236. The number of carboxylic acids is 5. The van der Waals surface area contributed by atoms with E-state index in [-0.39, 0.29) is 28.7 Å². The van der Waals surface area contributed by atoms with Crippen LogP contribution in [-0.4, -0.2) is 105 Å². The molecule has 0 radical (unpaired) electrons. The van der Waals surface area contributed by atoms with Crippen LogP contribution in [0.1, 0.15) is 188 Å². The summed E-state index contributed by atoms with van der Waals surface area (Å²) in [6.07, 6.45) is 10.4. The highest BCUT2D eigenvalue weighted by molar-refractivity contribution is 5.90. The summed E-state index contributed by atoms with van der Waals surface area (Å²) >= 11 is 0. The summed E-state index contributed by atoms with van der Waals surface area (Å²) in [5.41, 5.74) is 20.1. The Morgan fingerprint density at radius 3 is 0.735 bits per heavy atom. The van der Waals surface area contributed by atoms with Crippen LogP contribution in [0.3, 0.4) is 0 Å². The molecule has 30 nitrogen and oxygen atoms in total. The van der Waals surface area contributed by atoms with Gasteiger partial charge < -0.3 is 74.2 Å². The maximum absolute atomic E-state index is 11.1. The molecule has 0 aliphatic heterocycles. The predicted molar refractivity (Wildman–Crippen MR) is 527 cm³/mol. The normalized spacial score (nSPS) is 10.7. The first kappa shape index (κ1) is 100. The lowest BCUT2D eigenvalue weighted by Gasteiger charge is -2.15. The second kappa shape index (κ2) is 45.5. The number of aromatic carboxylic acids is 4. The summed E-state index contributed by atoms with van der Waals surface area (Å²) < 4.78 is 28.9. The number of hydrogen-bond donors (Lipinski definition) is 10. The Kier molecular flexibility index (Phi) is 33.5. The van der Waals surface area contributed by atoms with Gasteiger partial charge in [0.05, 0.1) is 28.7 Å². The zero-order chi connectivity index (χ0) is 98.5. The van der Waals surface area contributed by atoms with E-state index < -0.39 is 29.8 Å². The maximum Gasteiger partial charge on any atom is 0.335 e. The predicted octanol–water partition coefficient (Wildman–Crippen LogP) is 24.3. The van der Waals surface area contributed by atoms with Crippen LogP contribution in [0.2, 0.25) is 0 Å². The van der Waals surface area contributed by atoms with Gasteiger partial charge in [0.25, 0.3) is 0 Å². The van der Waals surface area contributed by atoms with Gasteiger partial charge in [-0.1, -0.05) is 58.1 Å². The Hall–Kier alpha value is -16.5. The standard InChI is InChI=1S/2C22H23N3O3.C21H21N3O3.C21H23N3O3.C20H21N3O3/c1-5-6-18-14(3)23-22(19-11-13(2)15(4)28-19)25-21(18)24-17-9-7-16(8-10-17)12-20(26)27;1-5-7-17-18(6-2)24-21(19-12-13(3)14(4)28-19)25-20(17)23-16-10-8-15(9-11-16)22(26)27;1-5-6-17-13(3)22-20(18-11-12(2)14(4)27-18)24-19(17)23-16-9-7-15(8-10-16)21(25)26;1-5-16-17(6-2)23-20(18-11-12(3)13(4)27-18)24-19(16)22-15-9-7-14(8-10-15)21(25)26;1-5-16-12(3)21-19(17-10-11(2)13(4)26-17)23-18(16)22-15-8-6-14(7-9-15)20(24)25/h5,7-11H,1,6,12H2,2-4H3,(H,26,27)(H,23,24,25);5,8-12H,1,6-7H2,2-4H3,(H,26,27)(H,23,24,25);5,7-11H,1,6H2,2-4H3,(H,25,26)(H,22,23,24);7-11H,5-6H2,1-4H3,(H,25,26)(H,22,23,24);6-10H,5H2,1-4H3,(H,24,25)(H,21,22,23). The number of benzene rings is 5. The minimum atomic E-state index is -0.961. The number of rotatable bonds is 31. The molecule has 0 amide bonds. The lowest BCUT2D eigenvalue weighted by molar-refractivity contribution is -0.136. The number of aliphatic carboxylic acids is 1. The van der Waals surface area contributed by atoms with Gasteiger partial charge in [0, 0.05) is 84.7 Å². The van der Waals surface area contributed by atoms with E-state index in [4.69, 9.17) is 67.6 Å². The number of nitrogens with one attached hydrogen (secondary N) is 5. The topological polar surface area (TPSA) is 441 Å². The number of aryl methyl sites for hydroxylation is 15. The van der Waals surface area contributed by atoms with E-state index in [0.717, 1.165) is 173 Å². The van der Waals surface area contributed by atoms with Crippen molar-refractivity contribution in [3.63, 3.8) is 0 Å². The van der Waals surface area contributed by atoms with Crippen LogP contribution in [-0.2, 0) is 56.2 Å². The summed E-state index contributed by atoms with van der Waals surface area (Å²) in [6.45, 7) is 45.0. The number of hydrogen-bond acceptors (Lipinski definition) is 25. The molecule has 0 saturated heterocycles. The highest BCUT2D eigenvalue weighted by Gasteiger charge is 2.24. The highest BCUT2D eigenvalue weighted by Crippen LogP contribution is 2.36. The lowest BCUT2D eigenvalue weighted by Crippen LogP contribution is -2.07. The molecule has 0 aliphatic rings. The zero-order valence-electron chi connectivity index (χ0n) is 79.2. The van der Waals surface area contributed by atoms with E-state index in [1.54, 1.807) is 115 Å². The number of carbonyl (C=O) groups is 5. The van der Waals surface area contributed by atoms with E-state index in [1.165, 1.54) is 0 Å². The molecule has 15 rings (SSSR count). The number of nitrogens with zero attached hydrogens (tertiary/aromatic N) is 10. The molecule has 30 heteroatoms. The van der Waals surface area contributed by atoms with Gasteiger partial charge in [0.15, 0.2) is 57.9 Å². The third kappa shape index (κ3) is 25.4. The maximum atomic E-state index is 11.1. The summed E-state index contributed by atoms with van der Waals surface area (Å²) in [5.74, 6) is 8.71. The Morgan fingerprint density at radius 2 is 0.507 bits per heavy atom. The van der Waals surface area contributed by atoms with Gasteiger partial charge in [-0.05, 0) is 308 Å². The molecule has 10 aromatic heterocycles. The van der Waals surface area contributed by atoms with Crippen LogP contribution >= 0.6 is 0 Å². The van der Waals surface area contributed by atoms with E-state index in [1.807, 2.05) is 158 Å². The van der Waals surface area contributed by atoms with Gasteiger partial charge in [-0.2, -0.15) is 0 Å². The molecule has 0 saturated carbocycles. The third-order valence-corrected chi connectivity index (χ3v) is 22.3. The Labute approximate surface area is 788 Å². The summed E-state index contributed by atoms with van der Waals surface area (Å²) in [6, 6.07) is 43.2. The summed E-state index contributed by atoms with van der Waals surface area (Å²) in [4.78, 5) is 102. The first-order chi connectivity index (χ1) is 65.0. The van der Waals surface area contributed by atoms with Gasteiger partial charge in [0.1, 0.15) is 57.9 Å². The van der Waals surface area contributed by atoms with Crippen molar-refractivity contribution in [3.8, 4) is 57.9 Å². The van der Waals surface area contributed by atoms with Crippen LogP contribution in [0.15, 0.2) is 212 Å². The molecule has 0 unspecified atom stereocenters. The molecular formula is C106H111N15O15. The zero-order valence-corrected chi connectivity index (χ0v) is 79.2. The first-order valence-corrected chi connectivity index (χ1v) is 44.1. The molecule has 0 fully saturated rings. The summed E-state index contributed by atoms with van der Waals surface area (Å²) in [5, 5.41) is 61.6. The smallest absolute Gasteiger partial charge is 0.335 e. The minimum Gasteiger partial charge on any atom is -0.481 e. The van der Waals surface area contributed by atoms with Crippen LogP contribution in [0, 0.1) is 90.0 Å². The molecule has 0 atom stereocenters. The van der Waals surface area contributed by atoms with Crippen molar-refractivity contribution in [3.05, 3.63) is 330 Å². The van der Waals surface area contributed by atoms with Crippen molar-refractivity contribution in [2.24, 2.45) is 0 Å². The SMILES string of the molecule is C=CCc1c(C)nc(-c2cc(C)c(C)o2)nc1Nc1ccc(C(=O)O)cc1.C=CCc1c(C)nc(-c2cc(C)c(C)o2)nc1Nc1ccc(CC(=O)O)cc1.C=CCc1c(CC)nc(-c2cc(C)c(C)o2)nc1Nc1ccc(C(=O)O)cc1.CCc1c(C)nc(-c2cc(C)c(C)o2)nc1Nc1ccc(C(=O)O)cc1.CCc1nc(-c2cc(C)c(C)o2)nc(Nc2ccc(C(=O)O)cc2)c1CC. The van der Waals surface area contributed by atoms with Gasteiger partial charge in [-0.15, -0.1) is 19.7 Å². The van der Waals surface area contributed by atoms with Crippen molar-refractivity contribution in [1.82, 2.24) is 49.8 Å². The molecule has 700 valence electrons. The number of furan rings is 5. The Balaban J connectivity index is 0.000000163. The van der Waals surface area contributed by atoms with Crippen molar-refractivity contribution < 1.29 is 71.6 Å². The molecule has 0 spiro atoms. The van der Waals surface area contributed by atoms with Gasteiger partial charge in [0.2, 0.25) is 0 Å². The average Bonchev–Trinajstić information content (AvgIpc) is 1.53. The van der Waals surface area contributed by atoms with Gasteiger partial charge in [-0.3, -0.25) is 4.79 Å². The summed E-state index contributed by atoms with van der Waals surface area (Å²) in [7, 11) is 0. The van der Waals surface area contributed by atoms with Gasteiger partial charge >= 0.3 is 29.8 Å². The van der Waals surface area contributed by atoms with Gasteiger partial charge in [-0.25, -0.2) is 69.0 Å². The molecule has 136 heavy (non-hydrogen) atoms. The van der Waals surface area contributed by atoms with Crippen LogP contribution in [0.5, 0.6) is 0 Å². The van der Waals surface area contributed by atoms with Crippen LogP contribution in [0.25, 0.3) is 57.9 Å². The number of anilines is 10. The van der Waals surface area contributed by atoms with E-state index in [2.05, 4.69) is 90.1 Å².